The molecule has 2 heterocycles. The van der Waals surface area contributed by atoms with E-state index in [9.17, 15) is 30.8 Å². The van der Waals surface area contributed by atoms with Crippen molar-refractivity contribution >= 4 is 15.9 Å². The molecule has 1 atom stereocenters. The summed E-state index contributed by atoms with van der Waals surface area (Å²) in [7, 11) is -4.74. The first-order chi connectivity index (χ1) is 13.2. The number of nitrogens with zero attached hydrogens (tertiary/aromatic N) is 2. The minimum Gasteiger partial charge on any atom is -0.333 e. The molecule has 0 N–H and O–H groups in total. The number of carbonyl (C=O) groups excluding carboxylic acids is 1. The summed E-state index contributed by atoms with van der Waals surface area (Å²) in [6.45, 7) is -0.554. The molecule has 0 aromatic heterocycles. The zero-order chi connectivity index (χ0) is 20.2. The molecular weight excluding hydrogens is 400 g/mol. The van der Waals surface area contributed by atoms with Crippen molar-refractivity contribution in [1.29, 1.82) is 0 Å². The molecule has 10 heteroatoms. The van der Waals surface area contributed by atoms with Crippen molar-refractivity contribution in [3.05, 3.63) is 64.7 Å². The molecule has 28 heavy (non-hydrogen) atoms. The number of carbonyl (C=O) groups is 1. The lowest BCUT2D eigenvalue weighted by molar-refractivity contribution is -0.138. The van der Waals surface area contributed by atoms with Gasteiger partial charge in [-0.15, -0.1) is 0 Å². The molecule has 2 aliphatic rings. The van der Waals surface area contributed by atoms with E-state index in [4.69, 9.17) is 0 Å². The molecule has 1 amide bonds. The largest absolute Gasteiger partial charge is 0.333 e. The molecule has 2 aromatic rings. The summed E-state index contributed by atoms with van der Waals surface area (Å²) in [6.07, 6.45) is 0.420. The minimum atomic E-state index is -4.74. The van der Waals surface area contributed by atoms with Gasteiger partial charge in [0.1, 0.15) is 23.3 Å². The second kappa shape index (κ2) is 6.56. The van der Waals surface area contributed by atoms with E-state index < -0.39 is 56.7 Å². The number of piperazine rings is 1. The fourth-order valence-electron chi connectivity index (χ4n) is 3.76. The minimum absolute atomic E-state index is 0.247. The monoisotopic (exact) mass is 414 g/mol. The van der Waals surface area contributed by atoms with Crippen LogP contribution < -0.4 is 0 Å². The Balaban J connectivity index is 1.75. The molecule has 1 fully saturated rings. The lowest BCUT2D eigenvalue weighted by Gasteiger charge is -2.44. The number of hydrogen-bond acceptors (Lipinski definition) is 3. The quantitative estimate of drug-likeness (QED) is 0.709. The van der Waals surface area contributed by atoms with Gasteiger partial charge < -0.3 is 4.90 Å². The lowest BCUT2D eigenvalue weighted by atomic mass is 9.91. The smallest absolute Gasteiger partial charge is 0.249 e. The van der Waals surface area contributed by atoms with Gasteiger partial charge in [-0.3, -0.25) is 4.79 Å². The van der Waals surface area contributed by atoms with Crippen LogP contribution in [0, 0.1) is 23.3 Å². The predicted molar refractivity (Wildman–Crippen MR) is 89.6 cm³/mol. The number of sulfonamides is 1. The van der Waals surface area contributed by atoms with Crippen LogP contribution in [0.1, 0.15) is 17.2 Å². The van der Waals surface area contributed by atoms with Crippen molar-refractivity contribution in [2.75, 3.05) is 19.6 Å². The summed E-state index contributed by atoms with van der Waals surface area (Å²) < 4.78 is 81.1. The topological polar surface area (TPSA) is 57.7 Å². The second-order valence-corrected chi connectivity index (χ2v) is 8.57. The van der Waals surface area contributed by atoms with E-state index in [1.807, 2.05) is 0 Å². The van der Waals surface area contributed by atoms with Crippen molar-refractivity contribution in [2.24, 2.45) is 0 Å². The summed E-state index contributed by atoms with van der Waals surface area (Å²) in [4.78, 5) is 12.7. The van der Waals surface area contributed by atoms with Gasteiger partial charge in [-0.1, -0.05) is 6.07 Å². The number of benzene rings is 2. The molecule has 2 aliphatic heterocycles. The Kier molecular flexibility index (Phi) is 4.42. The van der Waals surface area contributed by atoms with Crippen LogP contribution in [0.4, 0.5) is 17.6 Å². The summed E-state index contributed by atoms with van der Waals surface area (Å²) in [6, 6.07) is 3.85. The van der Waals surface area contributed by atoms with Gasteiger partial charge in [0.25, 0.3) is 0 Å². The zero-order valence-electron chi connectivity index (χ0n) is 14.3. The van der Waals surface area contributed by atoms with Crippen molar-refractivity contribution in [1.82, 2.24) is 9.21 Å². The molecule has 0 radical (unpaired) electrons. The SMILES string of the molecule is O=C1CN(S(=O)(=O)c2c(F)cc(F)cc2F)CC2c3ccc(F)cc3CCN12. The number of fused-ring (bicyclic) bond motifs is 3. The third-order valence-corrected chi connectivity index (χ3v) is 6.90. The Morgan fingerprint density at radius 3 is 2.32 bits per heavy atom. The Morgan fingerprint density at radius 2 is 1.64 bits per heavy atom. The fourth-order valence-corrected chi connectivity index (χ4v) is 5.25. The van der Waals surface area contributed by atoms with Gasteiger partial charge in [0.05, 0.1) is 12.6 Å². The Morgan fingerprint density at radius 1 is 0.964 bits per heavy atom. The summed E-state index contributed by atoms with van der Waals surface area (Å²) in [5.74, 6) is -5.37. The molecular formula is C18H14F4N2O3S. The lowest BCUT2D eigenvalue weighted by Crippen LogP contribution is -2.55. The Bertz CT molecular complexity index is 1070. The average molecular weight is 414 g/mol. The van der Waals surface area contributed by atoms with E-state index in [0.717, 1.165) is 0 Å². The Labute approximate surface area is 158 Å². The molecule has 1 unspecified atom stereocenters. The summed E-state index contributed by atoms with van der Waals surface area (Å²) >= 11 is 0. The van der Waals surface area contributed by atoms with Crippen LogP contribution in [0.25, 0.3) is 0 Å². The fraction of sp³-hybridized carbons (Fsp3) is 0.278. The van der Waals surface area contributed by atoms with Crippen molar-refractivity contribution < 1.29 is 30.8 Å². The van der Waals surface area contributed by atoms with Crippen LogP contribution in [-0.2, 0) is 21.2 Å². The molecule has 0 aliphatic carbocycles. The first-order valence-corrected chi connectivity index (χ1v) is 9.85. The summed E-state index contributed by atoms with van der Waals surface area (Å²) in [5.41, 5.74) is 1.23. The first-order valence-electron chi connectivity index (χ1n) is 8.41. The van der Waals surface area contributed by atoms with Gasteiger partial charge in [0.15, 0.2) is 4.90 Å². The van der Waals surface area contributed by atoms with Crippen LogP contribution in [0.5, 0.6) is 0 Å². The van der Waals surface area contributed by atoms with E-state index in [1.165, 1.54) is 23.1 Å². The van der Waals surface area contributed by atoms with Crippen molar-refractivity contribution in [3.8, 4) is 0 Å². The van der Waals surface area contributed by atoms with E-state index in [-0.39, 0.29) is 25.2 Å². The average Bonchev–Trinajstić information content (AvgIpc) is 2.59. The van der Waals surface area contributed by atoms with Crippen LogP contribution in [0.2, 0.25) is 0 Å². The molecule has 0 spiro atoms. The number of rotatable bonds is 2. The van der Waals surface area contributed by atoms with Gasteiger partial charge in [-0.2, -0.15) is 4.31 Å². The molecule has 5 nitrogen and oxygen atoms in total. The van der Waals surface area contributed by atoms with E-state index in [0.29, 0.717) is 21.9 Å². The third-order valence-electron chi connectivity index (χ3n) is 5.03. The van der Waals surface area contributed by atoms with Gasteiger partial charge in [-0.25, -0.2) is 26.0 Å². The number of halogens is 4. The van der Waals surface area contributed by atoms with Crippen LogP contribution in [0.15, 0.2) is 35.2 Å². The predicted octanol–water partition coefficient (Wildman–Crippen LogP) is 2.37. The van der Waals surface area contributed by atoms with E-state index in [1.54, 1.807) is 0 Å². The maximum Gasteiger partial charge on any atom is 0.249 e. The van der Waals surface area contributed by atoms with Gasteiger partial charge in [0.2, 0.25) is 15.9 Å². The second-order valence-electron chi connectivity index (χ2n) is 6.69. The van der Waals surface area contributed by atoms with Crippen LogP contribution in [0.3, 0.4) is 0 Å². The first kappa shape index (κ1) is 18.9. The molecule has 4 rings (SSSR count). The Hall–Kier alpha value is -2.46. The molecule has 148 valence electrons. The number of amides is 1. The van der Waals surface area contributed by atoms with E-state index >= 15 is 0 Å². The van der Waals surface area contributed by atoms with Crippen LogP contribution >= 0.6 is 0 Å². The van der Waals surface area contributed by atoms with Crippen LogP contribution in [-0.4, -0.2) is 43.2 Å². The highest BCUT2D eigenvalue weighted by Gasteiger charge is 2.43. The van der Waals surface area contributed by atoms with Gasteiger partial charge >= 0.3 is 0 Å². The molecule has 1 saturated heterocycles. The molecule has 2 aromatic carbocycles. The molecule has 0 bridgehead atoms. The zero-order valence-corrected chi connectivity index (χ0v) is 15.1. The standard InChI is InChI=1S/C18H14F4N2O3S/c19-11-1-2-13-10(5-11)3-4-24-16(13)8-23(9-17(24)25)28(26,27)18-14(21)6-12(20)7-15(18)22/h1-2,5-7,16H,3-4,8-9H2. The third kappa shape index (κ3) is 2.96. The van der Waals surface area contributed by atoms with Gasteiger partial charge in [0, 0.05) is 25.2 Å². The molecule has 0 saturated carbocycles. The van der Waals surface area contributed by atoms with Gasteiger partial charge in [-0.05, 0) is 29.7 Å². The normalized spacial score (nSPS) is 20.1. The maximum absolute atomic E-state index is 14.1. The van der Waals surface area contributed by atoms with E-state index in [2.05, 4.69) is 0 Å². The summed E-state index contributed by atoms with van der Waals surface area (Å²) in [5, 5.41) is 0. The number of hydrogen-bond donors (Lipinski definition) is 0. The highest BCUT2D eigenvalue weighted by Crippen LogP contribution is 2.36. The highest BCUT2D eigenvalue weighted by molar-refractivity contribution is 7.89. The maximum atomic E-state index is 14.1. The highest BCUT2D eigenvalue weighted by atomic mass is 32.2. The van der Waals surface area contributed by atoms with Crippen molar-refractivity contribution in [3.63, 3.8) is 0 Å². The van der Waals surface area contributed by atoms with Crippen molar-refractivity contribution in [2.45, 2.75) is 17.4 Å².